The van der Waals surface area contributed by atoms with E-state index in [0.717, 1.165) is 33.6 Å². The van der Waals surface area contributed by atoms with E-state index in [1.54, 1.807) is 25.6 Å². The molecule has 5 heteroatoms. The molecule has 0 amide bonds. The van der Waals surface area contributed by atoms with Gasteiger partial charge in [-0.2, -0.15) is 0 Å². The molecule has 0 aliphatic heterocycles. The Hall–Kier alpha value is -1.39. The van der Waals surface area contributed by atoms with Crippen LogP contribution in [0.5, 0.6) is 11.5 Å². The fourth-order valence-corrected chi connectivity index (χ4v) is 2.83. The van der Waals surface area contributed by atoms with Crippen LogP contribution in [-0.2, 0) is 6.54 Å². The zero-order valence-electron chi connectivity index (χ0n) is 11.1. The summed E-state index contributed by atoms with van der Waals surface area (Å²) in [4.78, 5) is 1.19. The van der Waals surface area contributed by atoms with E-state index < -0.39 is 0 Å². The summed E-state index contributed by atoms with van der Waals surface area (Å²) in [5, 5.41) is 3.38. The van der Waals surface area contributed by atoms with Gasteiger partial charge in [0.2, 0.25) is 0 Å². The lowest BCUT2D eigenvalue weighted by Gasteiger charge is -2.13. The van der Waals surface area contributed by atoms with Crippen LogP contribution < -0.4 is 14.8 Å². The lowest BCUT2D eigenvalue weighted by Crippen LogP contribution is -2.01. The Bertz CT molecular complexity index is 569. The predicted octanol–water partition coefficient (Wildman–Crippen LogP) is 4.34. The van der Waals surface area contributed by atoms with Gasteiger partial charge in [0, 0.05) is 23.2 Å². The maximum atomic E-state index is 5.91. The molecule has 2 aromatic rings. The van der Waals surface area contributed by atoms with Gasteiger partial charge in [0.05, 0.1) is 18.6 Å². The summed E-state index contributed by atoms with van der Waals surface area (Å²) in [6, 6.07) is 7.84. The molecule has 1 N–H and O–H groups in total. The van der Waals surface area contributed by atoms with E-state index in [0.29, 0.717) is 0 Å². The monoisotopic (exact) mass is 297 g/mol. The normalized spacial score (nSPS) is 10.3. The van der Waals surface area contributed by atoms with E-state index >= 15 is 0 Å². The number of nitrogens with one attached hydrogen (secondary N) is 1. The van der Waals surface area contributed by atoms with Crippen LogP contribution in [-0.4, -0.2) is 14.2 Å². The van der Waals surface area contributed by atoms with Crippen molar-refractivity contribution in [2.75, 3.05) is 19.5 Å². The maximum Gasteiger partial charge on any atom is 0.162 e. The largest absolute Gasteiger partial charge is 0.493 e. The smallest absolute Gasteiger partial charge is 0.162 e. The summed E-state index contributed by atoms with van der Waals surface area (Å²) < 4.78 is 11.4. The number of halogens is 1. The van der Waals surface area contributed by atoms with Crippen LogP contribution in [0.4, 0.5) is 5.69 Å². The number of hydrogen-bond acceptors (Lipinski definition) is 4. The summed E-state index contributed by atoms with van der Waals surface area (Å²) in [7, 11) is 3.27. The molecular weight excluding hydrogens is 282 g/mol. The molecule has 3 nitrogen and oxygen atoms in total. The maximum absolute atomic E-state index is 5.91. The summed E-state index contributed by atoms with van der Waals surface area (Å²) in [6.45, 7) is 2.78. The summed E-state index contributed by atoms with van der Waals surface area (Å²) in [5.74, 6) is 1.46. The van der Waals surface area contributed by atoms with E-state index in [9.17, 15) is 0 Å². The van der Waals surface area contributed by atoms with Crippen LogP contribution in [0.2, 0.25) is 4.34 Å². The molecule has 2 rings (SSSR count). The van der Waals surface area contributed by atoms with Gasteiger partial charge in [-0.1, -0.05) is 11.6 Å². The molecule has 0 unspecified atom stereocenters. The molecule has 0 saturated heterocycles. The first kappa shape index (κ1) is 14.0. The van der Waals surface area contributed by atoms with Gasteiger partial charge in [0.15, 0.2) is 11.5 Å². The van der Waals surface area contributed by atoms with Gasteiger partial charge in [-0.05, 0) is 30.7 Å². The highest BCUT2D eigenvalue weighted by molar-refractivity contribution is 7.16. The van der Waals surface area contributed by atoms with Gasteiger partial charge in [-0.15, -0.1) is 11.3 Å². The third kappa shape index (κ3) is 3.33. The quantitative estimate of drug-likeness (QED) is 0.890. The molecule has 19 heavy (non-hydrogen) atoms. The van der Waals surface area contributed by atoms with Crippen molar-refractivity contribution in [1.82, 2.24) is 0 Å². The van der Waals surface area contributed by atoms with Crippen molar-refractivity contribution in [3.05, 3.63) is 39.0 Å². The lowest BCUT2D eigenvalue weighted by molar-refractivity contribution is 0.355. The lowest BCUT2D eigenvalue weighted by atomic mass is 10.1. The standard InChI is InChI=1S/C14H16ClNO2S/c1-9-6-12(17-2)13(18-3)7-11(9)16-8-10-4-5-14(15)19-10/h4-7,16H,8H2,1-3H3. The number of hydrogen-bond donors (Lipinski definition) is 1. The average Bonchev–Trinajstić information content (AvgIpc) is 2.82. The first-order valence-electron chi connectivity index (χ1n) is 5.84. The molecule has 0 bridgehead atoms. The zero-order valence-corrected chi connectivity index (χ0v) is 12.7. The van der Waals surface area contributed by atoms with Crippen LogP contribution in [0, 0.1) is 6.92 Å². The first-order chi connectivity index (χ1) is 9.13. The Morgan fingerprint density at radius 2 is 1.84 bits per heavy atom. The minimum Gasteiger partial charge on any atom is -0.493 e. The number of aryl methyl sites for hydroxylation is 1. The molecule has 1 heterocycles. The highest BCUT2D eigenvalue weighted by atomic mass is 35.5. The SMILES string of the molecule is COc1cc(C)c(NCc2ccc(Cl)s2)cc1OC. The number of anilines is 1. The Morgan fingerprint density at radius 3 is 2.42 bits per heavy atom. The first-order valence-corrected chi connectivity index (χ1v) is 7.04. The number of ether oxygens (including phenoxy) is 2. The fourth-order valence-electron chi connectivity index (χ4n) is 1.80. The van der Waals surface area contributed by atoms with E-state index in [2.05, 4.69) is 5.32 Å². The van der Waals surface area contributed by atoms with Crippen molar-refractivity contribution in [2.24, 2.45) is 0 Å². The number of methoxy groups -OCH3 is 2. The van der Waals surface area contributed by atoms with Crippen molar-refractivity contribution in [3.8, 4) is 11.5 Å². The highest BCUT2D eigenvalue weighted by Gasteiger charge is 2.08. The zero-order chi connectivity index (χ0) is 13.8. The summed E-state index contributed by atoms with van der Waals surface area (Å²) >= 11 is 7.49. The van der Waals surface area contributed by atoms with Gasteiger partial charge in [0.1, 0.15) is 0 Å². The molecule has 1 aromatic heterocycles. The van der Waals surface area contributed by atoms with E-state index in [1.807, 2.05) is 31.2 Å². The Labute approximate surface area is 122 Å². The predicted molar refractivity (Wildman–Crippen MR) is 80.9 cm³/mol. The van der Waals surface area contributed by atoms with E-state index in [4.69, 9.17) is 21.1 Å². The minimum atomic E-state index is 0.722. The van der Waals surface area contributed by atoms with Gasteiger partial charge in [0.25, 0.3) is 0 Å². The molecule has 0 radical (unpaired) electrons. The molecule has 0 fully saturated rings. The van der Waals surface area contributed by atoms with Crippen molar-refractivity contribution < 1.29 is 9.47 Å². The molecule has 0 atom stereocenters. The third-order valence-corrected chi connectivity index (χ3v) is 4.04. The van der Waals surface area contributed by atoms with Crippen molar-refractivity contribution in [2.45, 2.75) is 13.5 Å². The van der Waals surface area contributed by atoms with Crippen LogP contribution in [0.15, 0.2) is 24.3 Å². The van der Waals surface area contributed by atoms with Gasteiger partial charge < -0.3 is 14.8 Å². The number of rotatable bonds is 5. The van der Waals surface area contributed by atoms with Crippen LogP contribution in [0.25, 0.3) is 0 Å². The average molecular weight is 298 g/mol. The van der Waals surface area contributed by atoms with Gasteiger partial charge in [-0.25, -0.2) is 0 Å². The second-order valence-corrected chi connectivity index (χ2v) is 5.88. The van der Waals surface area contributed by atoms with Crippen molar-refractivity contribution in [1.29, 1.82) is 0 Å². The minimum absolute atomic E-state index is 0.722. The molecule has 0 spiro atoms. The number of thiophene rings is 1. The molecule has 0 aliphatic carbocycles. The summed E-state index contributed by atoms with van der Waals surface area (Å²) in [5.41, 5.74) is 2.14. The van der Waals surface area contributed by atoms with Crippen molar-refractivity contribution >= 4 is 28.6 Å². The van der Waals surface area contributed by atoms with Gasteiger partial charge >= 0.3 is 0 Å². The fraction of sp³-hybridized carbons (Fsp3) is 0.286. The van der Waals surface area contributed by atoms with Crippen LogP contribution in [0.1, 0.15) is 10.4 Å². The van der Waals surface area contributed by atoms with Crippen LogP contribution in [0.3, 0.4) is 0 Å². The Kier molecular flexibility index (Phi) is 4.56. The molecule has 102 valence electrons. The number of benzene rings is 1. The topological polar surface area (TPSA) is 30.5 Å². The molecule has 0 saturated carbocycles. The highest BCUT2D eigenvalue weighted by Crippen LogP contribution is 2.33. The third-order valence-electron chi connectivity index (χ3n) is 2.81. The van der Waals surface area contributed by atoms with Crippen LogP contribution >= 0.6 is 22.9 Å². The second-order valence-electron chi connectivity index (χ2n) is 4.08. The molecule has 1 aromatic carbocycles. The summed E-state index contributed by atoms with van der Waals surface area (Å²) in [6.07, 6.45) is 0. The molecular formula is C14H16ClNO2S. The Balaban J connectivity index is 2.15. The Morgan fingerprint density at radius 1 is 1.16 bits per heavy atom. The van der Waals surface area contributed by atoms with Gasteiger partial charge in [-0.3, -0.25) is 0 Å². The van der Waals surface area contributed by atoms with E-state index in [-0.39, 0.29) is 0 Å². The second kappa shape index (κ2) is 6.17. The van der Waals surface area contributed by atoms with Crippen molar-refractivity contribution in [3.63, 3.8) is 0 Å². The van der Waals surface area contributed by atoms with E-state index in [1.165, 1.54) is 4.88 Å². The molecule has 0 aliphatic rings.